The molecule has 0 amide bonds. The molecule has 1 aliphatic carbocycles. The lowest BCUT2D eigenvalue weighted by molar-refractivity contribution is 0.0805. The standard InChI is InChI=1S/C21H19NO/c23-21(15-16-11-13-22-14-12-16)19-7-3-1-5-17(19)9-10-18-6-2-4-8-20(18)21/h1-8,11-14,23H,9-10,15H2. The Bertz CT molecular complexity index is 779. The number of aliphatic hydroxyl groups is 1. The topological polar surface area (TPSA) is 33.1 Å². The Hall–Kier alpha value is -2.45. The van der Waals surface area contributed by atoms with Gasteiger partial charge in [0.15, 0.2) is 0 Å². The van der Waals surface area contributed by atoms with Crippen molar-refractivity contribution in [2.75, 3.05) is 0 Å². The first kappa shape index (κ1) is 14.2. The van der Waals surface area contributed by atoms with Crippen molar-refractivity contribution in [2.45, 2.75) is 24.9 Å². The van der Waals surface area contributed by atoms with Crippen molar-refractivity contribution < 1.29 is 5.11 Å². The molecule has 1 N–H and O–H groups in total. The Balaban J connectivity index is 1.92. The van der Waals surface area contributed by atoms with Gasteiger partial charge >= 0.3 is 0 Å². The van der Waals surface area contributed by atoms with Crippen molar-refractivity contribution in [3.63, 3.8) is 0 Å². The Morgan fingerprint density at radius 3 is 1.87 bits per heavy atom. The smallest absolute Gasteiger partial charge is 0.119 e. The zero-order valence-electron chi connectivity index (χ0n) is 12.9. The van der Waals surface area contributed by atoms with Crippen LogP contribution in [-0.4, -0.2) is 10.1 Å². The monoisotopic (exact) mass is 301 g/mol. The summed E-state index contributed by atoms with van der Waals surface area (Å²) in [6.07, 6.45) is 6.06. The van der Waals surface area contributed by atoms with Crippen molar-refractivity contribution >= 4 is 0 Å². The van der Waals surface area contributed by atoms with Gasteiger partial charge in [0.25, 0.3) is 0 Å². The summed E-state index contributed by atoms with van der Waals surface area (Å²) in [5.74, 6) is 0. The van der Waals surface area contributed by atoms with Gasteiger partial charge in [-0.15, -0.1) is 0 Å². The third kappa shape index (κ3) is 2.45. The van der Waals surface area contributed by atoms with Crippen LogP contribution in [0.15, 0.2) is 73.1 Å². The molecular weight excluding hydrogens is 282 g/mol. The zero-order valence-corrected chi connectivity index (χ0v) is 12.9. The van der Waals surface area contributed by atoms with Crippen LogP contribution >= 0.6 is 0 Å². The summed E-state index contributed by atoms with van der Waals surface area (Å²) in [4.78, 5) is 4.09. The van der Waals surface area contributed by atoms with Gasteiger partial charge in [0, 0.05) is 18.8 Å². The number of hydrogen-bond acceptors (Lipinski definition) is 2. The molecule has 0 saturated heterocycles. The molecule has 2 nitrogen and oxygen atoms in total. The predicted molar refractivity (Wildman–Crippen MR) is 91.2 cm³/mol. The van der Waals surface area contributed by atoms with E-state index in [4.69, 9.17) is 0 Å². The molecule has 114 valence electrons. The number of rotatable bonds is 2. The van der Waals surface area contributed by atoms with Gasteiger partial charge in [-0.1, -0.05) is 48.5 Å². The summed E-state index contributed by atoms with van der Waals surface area (Å²) in [5.41, 5.74) is 4.63. The molecule has 2 heteroatoms. The van der Waals surface area contributed by atoms with Crippen LogP contribution in [0.1, 0.15) is 27.8 Å². The second-order valence-electron chi connectivity index (χ2n) is 6.21. The van der Waals surface area contributed by atoms with E-state index in [2.05, 4.69) is 41.4 Å². The molecule has 1 aromatic heterocycles. The minimum absolute atomic E-state index is 0.559. The van der Waals surface area contributed by atoms with Crippen molar-refractivity contribution in [1.29, 1.82) is 0 Å². The summed E-state index contributed by atoms with van der Waals surface area (Å²) in [7, 11) is 0. The Labute approximate surface area is 136 Å². The molecule has 0 bridgehead atoms. The fourth-order valence-corrected chi connectivity index (χ4v) is 3.68. The summed E-state index contributed by atoms with van der Waals surface area (Å²) in [6.45, 7) is 0. The average Bonchev–Trinajstić information content (AvgIpc) is 2.72. The molecule has 1 aliphatic rings. The summed E-state index contributed by atoms with van der Waals surface area (Å²) < 4.78 is 0. The lowest BCUT2D eigenvalue weighted by Crippen LogP contribution is -2.31. The van der Waals surface area contributed by atoms with Gasteiger partial charge in [-0.25, -0.2) is 0 Å². The fraction of sp³-hybridized carbons (Fsp3) is 0.190. The van der Waals surface area contributed by atoms with Crippen LogP contribution in [0.4, 0.5) is 0 Å². The van der Waals surface area contributed by atoms with Crippen LogP contribution in [0.2, 0.25) is 0 Å². The van der Waals surface area contributed by atoms with Gasteiger partial charge in [0.2, 0.25) is 0 Å². The number of aromatic nitrogens is 1. The minimum Gasteiger partial charge on any atom is -0.380 e. The number of fused-ring (bicyclic) bond motifs is 2. The largest absolute Gasteiger partial charge is 0.380 e. The highest BCUT2D eigenvalue weighted by atomic mass is 16.3. The first-order valence-electron chi connectivity index (χ1n) is 8.05. The number of pyridine rings is 1. The first-order chi connectivity index (χ1) is 11.3. The van der Waals surface area contributed by atoms with Crippen LogP contribution < -0.4 is 0 Å². The normalized spacial score (nSPS) is 15.3. The second-order valence-corrected chi connectivity index (χ2v) is 6.21. The van der Waals surface area contributed by atoms with E-state index in [9.17, 15) is 5.11 Å². The molecule has 0 atom stereocenters. The number of nitrogens with zero attached hydrogens (tertiary/aromatic N) is 1. The highest BCUT2D eigenvalue weighted by Crippen LogP contribution is 2.39. The van der Waals surface area contributed by atoms with Crippen LogP contribution in [0.3, 0.4) is 0 Å². The van der Waals surface area contributed by atoms with Crippen molar-refractivity contribution in [2.24, 2.45) is 0 Å². The van der Waals surface area contributed by atoms with Crippen LogP contribution in [0.5, 0.6) is 0 Å². The third-order valence-corrected chi connectivity index (χ3v) is 4.80. The molecule has 2 aromatic carbocycles. The highest BCUT2D eigenvalue weighted by Gasteiger charge is 2.37. The maximum Gasteiger partial charge on any atom is 0.119 e. The Kier molecular flexibility index (Phi) is 3.47. The van der Waals surface area contributed by atoms with Crippen LogP contribution in [0, 0.1) is 0 Å². The summed E-state index contributed by atoms with van der Waals surface area (Å²) in [5, 5.41) is 11.8. The molecule has 4 rings (SSSR count). The molecule has 3 aromatic rings. The van der Waals surface area contributed by atoms with Gasteiger partial charge in [-0.05, 0) is 52.8 Å². The number of benzene rings is 2. The maximum absolute atomic E-state index is 11.8. The maximum atomic E-state index is 11.8. The molecule has 0 saturated carbocycles. The van der Waals surface area contributed by atoms with Gasteiger partial charge in [0.05, 0.1) is 0 Å². The van der Waals surface area contributed by atoms with Gasteiger partial charge in [0.1, 0.15) is 5.60 Å². The lowest BCUT2D eigenvalue weighted by atomic mass is 9.79. The summed E-state index contributed by atoms with van der Waals surface area (Å²) >= 11 is 0. The molecule has 0 fully saturated rings. The molecule has 0 aliphatic heterocycles. The van der Waals surface area contributed by atoms with E-state index in [0.29, 0.717) is 6.42 Å². The van der Waals surface area contributed by atoms with E-state index in [-0.39, 0.29) is 0 Å². The van der Waals surface area contributed by atoms with E-state index < -0.39 is 5.60 Å². The van der Waals surface area contributed by atoms with E-state index in [0.717, 1.165) is 29.5 Å². The molecule has 0 unspecified atom stereocenters. The van der Waals surface area contributed by atoms with Gasteiger partial charge < -0.3 is 5.11 Å². The van der Waals surface area contributed by atoms with Crippen LogP contribution in [-0.2, 0) is 24.9 Å². The second kappa shape index (κ2) is 5.64. The quantitative estimate of drug-likeness (QED) is 0.783. The lowest BCUT2D eigenvalue weighted by Gasteiger charge is -2.31. The average molecular weight is 301 g/mol. The van der Waals surface area contributed by atoms with E-state index in [1.165, 1.54) is 11.1 Å². The highest BCUT2D eigenvalue weighted by molar-refractivity contribution is 5.48. The van der Waals surface area contributed by atoms with Crippen LogP contribution in [0.25, 0.3) is 0 Å². The van der Waals surface area contributed by atoms with E-state index in [1.807, 2.05) is 24.3 Å². The molecule has 0 radical (unpaired) electrons. The number of aryl methyl sites for hydroxylation is 2. The molecular formula is C21H19NO. The Morgan fingerprint density at radius 2 is 1.30 bits per heavy atom. The minimum atomic E-state index is -0.995. The van der Waals surface area contributed by atoms with Crippen molar-refractivity contribution in [3.05, 3.63) is 101 Å². The molecule has 23 heavy (non-hydrogen) atoms. The fourth-order valence-electron chi connectivity index (χ4n) is 3.68. The first-order valence-corrected chi connectivity index (χ1v) is 8.05. The van der Waals surface area contributed by atoms with E-state index in [1.54, 1.807) is 12.4 Å². The molecule has 0 spiro atoms. The zero-order chi connectivity index (χ0) is 15.7. The van der Waals surface area contributed by atoms with Gasteiger partial charge in [-0.3, -0.25) is 4.98 Å². The van der Waals surface area contributed by atoms with Crippen molar-refractivity contribution in [1.82, 2.24) is 4.98 Å². The summed E-state index contributed by atoms with van der Waals surface area (Å²) in [6, 6.07) is 20.5. The predicted octanol–water partition coefficient (Wildman–Crippen LogP) is 3.66. The molecule has 1 heterocycles. The SMILES string of the molecule is OC1(Cc2ccncc2)c2ccccc2CCc2ccccc21. The van der Waals surface area contributed by atoms with E-state index >= 15 is 0 Å². The Morgan fingerprint density at radius 1 is 0.783 bits per heavy atom. The number of hydrogen-bond donors (Lipinski definition) is 1. The third-order valence-electron chi connectivity index (χ3n) is 4.80. The van der Waals surface area contributed by atoms with Gasteiger partial charge in [-0.2, -0.15) is 0 Å². The van der Waals surface area contributed by atoms with Crippen molar-refractivity contribution in [3.8, 4) is 0 Å².